The summed E-state index contributed by atoms with van der Waals surface area (Å²) >= 11 is 0. The fourth-order valence-electron chi connectivity index (χ4n) is 4.09. The van der Waals surface area contributed by atoms with Crippen molar-refractivity contribution in [2.45, 2.75) is 31.7 Å². The first kappa shape index (κ1) is 28.2. The maximum atomic E-state index is 14.3. The molecule has 0 aromatic heterocycles. The number of halogens is 2. The van der Waals surface area contributed by atoms with Crippen LogP contribution in [-0.4, -0.2) is 29.9 Å². The van der Waals surface area contributed by atoms with Crippen LogP contribution in [-0.2, 0) is 25.6 Å². The van der Waals surface area contributed by atoms with Gasteiger partial charge in [-0.05, 0) is 53.9 Å². The quantitative estimate of drug-likeness (QED) is 0.179. The van der Waals surface area contributed by atoms with Gasteiger partial charge in [-0.1, -0.05) is 78.9 Å². The van der Waals surface area contributed by atoms with Crippen molar-refractivity contribution in [2.24, 2.45) is 0 Å². The molecule has 7 heteroatoms. The number of alkyl halides is 2. The molecule has 0 radical (unpaired) electrons. The molecule has 0 heterocycles. The lowest BCUT2D eigenvalue weighted by Crippen LogP contribution is -2.24. The van der Waals surface area contributed by atoms with Crippen LogP contribution in [0.25, 0.3) is 0 Å². The van der Waals surface area contributed by atoms with Gasteiger partial charge in [-0.3, -0.25) is 0 Å². The van der Waals surface area contributed by atoms with Gasteiger partial charge in [0.1, 0.15) is 18.1 Å². The Balaban J connectivity index is 1.20. The Morgan fingerprint density at radius 3 is 2.18 bits per heavy atom. The van der Waals surface area contributed by atoms with Crippen LogP contribution in [0.2, 0.25) is 0 Å². The Kier molecular flexibility index (Phi) is 10.0. The van der Waals surface area contributed by atoms with Crippen LogP contribution in [0.3, 0.4) is 0 Å². The average Bonchev–Trinajstić information content (AvgIpc) is 2.98. The molecule has 3 N–H and O–H groups in total. The number of ether oxygens (including phenoxy) is 2. The Morgan fingerprint density at radius 1 is 0.795 bits per heavy atom. The Labute approximate surface area is 227 Å². The number of hydrogen-bond acceptors (Lipinski definition) is 5. The summed E-state index contributed by atoms with van der Waals surface area (Å²) in [5, 5.41) is 23.6. The van der Waals surface area contributed by atoms with Gasteiger partial charge in [0.25, 0.3) is 0 Å². The van der Waals surface area contributed by atoms with Gasteiger partial charge in [-0.2, -0.15) is 8.78 Å². The number of benzene rings is 4. The molecule has 4 aromatic rings. The summed E-state index contributed by atoms with van der Waals surface area (Å²) in [5.41, 5.74) is 3.27. The molecule has 0 unspecified atom stereocenters. The second kappa shape index (κ2) is 13.8. The average molecular weight is 534 g/mol. The molecule has 1 atom stereocenters. The molecule has 0 fully saturated rings. The molecule has 0 bridgehead atoms. The molecule has 4 aromatic carbocycles. The standard InChI is InChI=1S/C32H33F2NO4/c33-32(34,28-9-5-2-6-10-28)23-39-29-14-11-24(12-15-29)17-18-35-20-30(37)26-13-16-31(27(19-26)21-36)38-22-25-7-3-1-4-8-25/h1-16,19,30,35-37H,17-18,20-23H2/t30-/m1/s1. The Hall–Kier alpha value is -3.78. The highest BCUT2D eigenvalue weighted by Crippen LogP contribution is 2.29. The summed E-state index contributed by atoms with van der Waals surface area (Å²) in [6, 6.07) is 29.8. The van der Waals surface area contributed by atoms with E-state index in [-0.39, 0.29) is 12.2 Å². The van der Waals surface area contributed by atoms with Gasteiger partial charge < -0.3 is 25.0 Å². The lowest BCUT2D eigenvalue weighted by molar-refractivity contribution is -0.0467. The molecule has 0 saturated carbocycles. The third-order valence-electron chi connectivity index (χ3n) is 6.34. The molecule has 0 aliphatic rings. The van der Waals surface area contributed by atoms with Crippen molar-refractivity contribution in [2.75, 3.05) is 19.7 Å². The van der Waals surface area contributed by atoms with Gasteiger partial charge in [-0.25, -0.2) is 0 Å². The number of hydrogen-bond donors (Lipinski definition) is 3. The molecule has 39 heavy (non-hydrogen) atoms. The Bertz CT molecular complexity index is 1280. The highest BCUT2D eigenvalue weighted by Gasteiger charge is 2.32. The number of rotatable bonds is 14. The summed E-state index contributed by atoms with van der Waals surface area (Å²) in [5.74, 6) is -2.10. The third kappa shape index (κ3) is 8.35. The maximum absolute atomic E-state index is 14.3. The normalized spacial score (nSPS) is 12.2. The minimum atomic E-state index is -3.07. The van der Waals surface area contributed by atoms with Crippen molar-refractivity contribution in [3.63, 3.8) is 0 Å². The van der Waals surface area contributed by atoms with Gasteiger partial charge in [-0.15, -0.1) is 0 Å². The summed E-state index contributed by atoms with van der Waals surface area (Å²) in [4.78, 5) is 0. The van der Waals surface area contributed by atoms with E-state index in [1.807, 2.05) is 42.5 Å². The SMILES string of the molecule is OCc1cc([C@H](O)CNCCc2ccc(OCC(F)(F)c3ccccc3)cc2)ccc1OCc1ccccc1. The molecule has 204 valence electrons. The van der Waals surface area contributed by atoms with Crippen LogP contribution in [0.15, 0.2) is 103 Å². The molecular weight excluding hydrogens is 500 g/mol. The molecule has 5 nitrogen and oxygen atoms in total. The van der Waals surface area contributed by atoms with Crippen molar-refractivity contribution in [3.8, 4) is 11.5 Å². The summed E-state index contributed by atoms with van der Waals surface area (Å²) < 4.78 is 39.8. The first-order chi connectivity index (χ1) is 18.9. The summed E-state index contributed by atoms with van der Waals surface area (Å²) in [7, 11) is 0. The van der Waals surface area contributed by atoms with E-state index in [4.69, 9.17) is 9.47 Å². The molecular formula is C32H33F2NO4. The summed E-state index contributed by atoms with van der Waals surface area (Å²) in [6.07, 6.45) is -0.0537. The van der Waals surface area contributed by atoms with E-state index in [0.29, 0.717) is 48.7 Å². The van der Waals surface area contributed by atoms with Crippen LogP contribution in [0.4, 0.5) is 8.78 Å². The van der Waals surface area contributed by atoms with Crippen molar-refractivity contribution in [1.82, 2.24) is 5.32 Å². The van der Waals surface area contributed by atoms with Gasteiger partial charge >= 0.3 is 5.92 Å². The van der Waals surface area contributed by atoms with Crippen LogP contribution in [0, 0.1) is 0 Å². The molecule has 0 aliphatic heterocycles. The van der Waals surface area contributed by atoms with Gasteiger partial charge in [0.05, 0.1) is 12.7 Å². The van der Waals surface area contributed by atoms with E-state index >= 15 is 0 Å². The molecule has 0 spiro atoms. The predicted octanol–water partition coefficient (Wildman–Crippen LogP) is 5.79. The van der Waals surface area contributed by atoms with Crippen molar-refractivity contribution < 1.29 is 28.5 Å². The summed E-state index contributed by atoms with van der Waals surface area (Å²) in [6.45, 7) is 0.430. The number of aliphatic hydroxyl groups is 2. The maximum Gasteiger partial charge on any atom is 0.306 e. The van der Waals surface area contributed by atoms with Crippen LogP contribution in [0.1, 0.15) is 33.9 Å². The third-order valence-corrected chi connectivity index (χ3v) is 6.34. The van der Waals surface area contributed by atoms with Gasteiger partial charge in [0.15, 0.2) is 6.61 Å². The minimum absolute atomic E-state index is 0.0743. The topological polar surface area (TPSA) is 71.0 Å². The van der Waals surface area contributed by atoms with Gasteiger partial charge in [0.2, 0.25) is 0 Å². The lowest BCUT2D eigenvalue weighted by atomic mass is 10.0. The zero-order valence-corrected chi connectivity index (χ0v) is 21.6. The zero-order chi connectivity index (χ0) is 27.5. The smallest absolute Gasteiger partial charge is 0.306 e. The van der Waals surface area contributed by atoms with E-state index < -0.39 is 18.6 Å². The fraction of sp³-hybridized carbons (Fsp3) is 0.250. The van der Waals surface area contributed by atoms with E-state index in [0.717, 1.165) is 11.1 Å². The van der Waals surface area contributed by atoms with E-state index in [9.17, 15) is 19.0 Å². The van der Waals surface area contributed by atoms with Crippen LogP contribution >= 0.6 is 0 Å². The van der Waals surface area contributed by atoms with E-state index in [1.54, 1.807) is 48.5 Å². The Morgan fingerprint density at radius 2 is 1.49 bits per heavy atom. The van der Waals surface area contributed by atoms with Crippen molar-refractivity contribution >= 4 is 0 Å². The largest absolute Gasteiger partial charge is 0.489 e. The van der Waals surface area contributed by atoms with Gasteiger partial charge in [0, 0.05) is 17.7 Å². The zero-order valence-electron chi connectivity index (χ0n) is 21.6. The molecule has 4 rings (SSSR count). The first-order valence-corrected chi connectivity index (χ1v) is 12.9. The first-order valence-electron chi connectivity index (χ1n) is 12.9. The lowest BCUT2D eigenvalue weighted by Gasteiger charge is -2.17. The highest BCUT2D eigenvalue weighted by atomic mass is 19.3. The van der Waals surface area contributed by atoms with E-state index in [2.05, 4.69) is 5.32 Å². The van der Waals surface area contributed by atoms with Crippen molar-refractivity contribution in [1.29, 1.82) is 0 Å². The van der Waals surface area contributed by atoms with Crippen LogP contribution < -0.4 is 14.8 Å². The molecule has 0 saturated heterocycles. The monoisotopic (exact) mass is 533 g/mol. The number of aliphatic hydroxyl groups excluding tert-OH is 2. The minimum Gasteiger partial charge on any atom is -0.489 e. The van der Waals surface area contributed by atoms with Crippen molar-refractivity contribution in [3.05, 3.63) is 131 Å². The molecule has 0 aliphatic carbocycles. The second-order valence-corrected chi connectivity index (χ2v) is 9.27. The number of nitrogens with one attached hydrogen (secondary N) is 1. The van der Waals surface area contributed by atoms with Crippen LogP contribution in [0.5, 0.6) is 11.5 Å². The van der Waals surface area contributed by atoms with E-state index in [1.165, 1.54) is 12.1 Å². The second-order valence-electron chi connectivity index (χ2n) is 9.27. The molecule has 0 amide bonds. The fourth-order valence-corrected chi connectivity index (χ4v) is 4.09. The predicted molar refractivity (Wildman–Crippen MR) is 147 cm³/mol. The highest BCUT2D eigenvalue weighted by molar-refractivity contribution is 5.38.